The molecule has 0 spiro atoms. The molecule has 0 saturated carbocycles. The van der Waals surface area contributed by atoms with Crippen molar-refractivity contribution in [1.29, 1.82) is 0 Å². The Hall–Kier alpha value is -1.98. The Morgan fingerprint density at radius 2 is 1.89 bits per heavy atom. The average molecular weight is 253 g/mol. The first-order valence-electron chi connectivity index (χ1n) is 5.52. The quantitative estimate of drug-likeness (QED) is 0.437. The molecule has 0 aliphatic rings. The Morgan fingerprint density at radius 1 is 1.33 bits per heavy atom. The molecule has 6 heteroatoms. The van der Waals surface area contributed by atoms with E-state index in [1.54, 1.807) is 19.1 Å². The summed E-state index contributed by atoms with van der Waals surface area (Å²) in [6.45, 7) is 3.71. The van der Waals surface area contributed by atoms with Gasteiger partial charge >= 0.3 is 0 Å². The highest BCUT2D eigenvalue weighted by molar-refractivity contribution is 6.01. The van der Waals surface area contributed by atoms with E-state index in [0.29, 0.717) is 11.5 Å². The van der Waals surface area contributed by atoms with Crippen LogP contribution in [0.2, 0.25) is 0 Å². The van der Waals surface area contributed by atoms with Gasteiger partial charge in [-0.3, -0.25) is 19.7 Å². The third-order valence-corrected chi connectivity index (χ3v) is 2.75. The molecule has 6 nitrogen and oxygen atoms in total. The standard InChI is InChI=1S/C12H15NO5/c1-7-4-5-11(18-7)10(6-13(16)17)12(8(2)14)9(3)15/h4-5,10,12H,6H2,1-3H3/t10-/m0/s1. The van der Waals surface area contributed by atoms with E-state index >= 15 is 0 Å². The van der Waals surface area contributed by atoms with Crippen molar-refractivity contribution in [3.8, 4) is 0 Å². The van der Waals surface area contributed by atoms with Crippen LogP contribution >= 0.6 is 0 Å². The Labute approximate surface area is 104 Å². The second-order valence-corrected chi connectivity index (χ2v) is 4.27. The normalized spacial score (nSPS) is 12.4. The zero-order chi connectivity index (χ0) is 13.9. The van der Waals surface area contributed by atoms with Crippen molar-refractivity contribution < 1.29 is 18.9 Å². The number of nitro groups is 1. The van der Waals surface area contributed by atoms with E-state index in [2.05, 4.69) is 0 Å². The third-order valence-electron chi connectivity index (χ3n) is 2.75. The molecule has 0 aromatic carbocycles. The number of hydrogen-bond acceptors (Lipinski definition) is 5. The van der Waals surface area contributed by atoms with E-state index in [9.17, 15) is 19.7 Å². The van der Waals surface area contributed by atoms with Gasteiger partial charge in [-0.15, -0.1) is 0 Å². The van der Waals surface area contributed by atoms with Gasteiger partial charge in [0.25, 0.3) is 0 Å². The fraction of sp³-hybridized carbons (Fsp3) is 0.500. The lowest BCUT2D eigenvalue weighted by molar-refractivity contribution is -0.484. The van der Waals surface area contributed by atoms with E-state index < -0.39 is 23.3 Å². The Bertz CT molecular complexity index is 463. The van der Waals surface area contributed by atoms with Crippen LogP contribution in [0.25, 0.3) is 0 Å². The van der Waals surface area contributed by atoms with Gasteiger partial charge in [0.2, 0.25) is 6.54 Å². The summed E-state index contributed by atoms with van der Waals surface area (Å²) < 4.78 is 5.32. The van der Waals surface area contributed by atoms with Crippen molar-refractivity contribution in [2.45, 2.75) is 26.7 Å². The lowest BCUT2D eigenvalue weighted by atomic mass is 9.84. The van der Waals surface area contributed by atoms with E-state index in [1.807, 2.05) is 0 Å². The van der Waals surface area contributed by atoms with E-state index in [-0.39, 0.29) is 11.6 Å². The highest BCUT2D eigenvalue weighted by atomic mass is 16.6. The highest BCUT2D eigenvalue weighted by Gasteiger charge is 2.36. The monoisotopic (exact) mass is 253 g/mol. The van der Waals surface area contributed by atoms with E-state index in [1.165, 1.54) is 13.8 Å². The van der Waals surface area contributed by atoms with Crippen molar-refractivity contribution in [2.75, 3.05) is 6.54 Å². The summed E-state index contributed by atoms with van der Waals surface area (Å²) in [6.07, 6.45) is 0. The SMILES string of the molecule is CC(=O)C(C(C)=O)[C@@H](C[N+](=O)[O-])c1ccc(C)o1. The predicted molar refractivity (Wildman–Crippen MR) is 62.9 cm³/mol. The number of nitrogens with zero attached hydrogens (tertiary/aromatic N) is 1. The summed E-state index contributed by atoms with van der Waals surface area (Å²) in [6, 6.07) is 3.22. The summed E-state index contributed by atoms with van der Waals surface area (Å²) in [4.78, 5) is 33.1. The minimum atomic E-state index is -1.03. The van der Waals surface area contributed by atoms with Gasteiger partial charge in [0.1, 0.15) is 23.1 Å². The molecule has 98 valence electrons. The summed E-state index contributed by atoms with van der Waals surface area (Å²) >= 11 is 0. The molecule has 0 aliphatic heterocycles. The van der Waals surface area contributed by atoms with Crippen LogP contribution in [0.5, 0.6) is 0 Å². The molecule has 1 rings (SSSR count). The number of rotatable bonds is 6. The molecule has 0 unspecified atom stereocenters. The Kier molecular flexibility index (Phi) is 4.36. The topological polar surface area (TPSA) is 90.4 Å². The Morgan fingerprint density at radius 3 is 2.22 bits per heavy atom. The minimum absolute atomic E-state index is 0.305. The smallest absolute Gasteiger partial charge is 0.214 e. The summed E-state index contributed by atoms with van der Waals surface area (Å²) in [7, 11) is 0. The second kappa shape index (κ2) is 5.57. The van der Waals surface area contributed by atoms with Crippen LogP contribution < -0.4 is 0 Å². The maximum atomic E-state index is 11.5. The Balaban J connectivity index is 3.14. The molecule has 0 saturated heterocycles. The lowest BCUT2D eigenvalue weighted by Crippen LogP contribution is -2.31. The number of furan rings is 1. The van der Waals surface area contributed by atoms with Gasteiger partial charge < -0.3 is 4.42 Å². The third kappa shape index (κ3) is 3.26. The number of ketones is 2. The molecule has 1 aromatic heterocycles. The van der Waals surface area contributed by atoms with Crippen LogP contribution in [0.15, 0.2) is 16.5 Å². The first-order valence-corrected chi connectivity index (χ1v) is 5.52. The summed E-state index contributed by atoms with van der Waals surface area (Å²) in [5.41, 5.74) is 0. The average Bonchev–Trinajstić information content (AvgIpc) is 2.61. The number of Topliss-reactive ketones (excluding diaryl/α,β-unsaturated/α-hetero) is 2. The van der Waals surface area contributed by atoms with Crippen LogP contribution in [0.4, 0.5) is 0 Å². The molecule has 1 heterocycles. The molecular weight excluding hydrogens is 238 g/mol. The molecule has 0 bridgehead atoms. The maximum absolute atomic E-state index is 11.5. The molecular formula is C12H15NO5. The largest absolute Gasteiger partial charge is 0.466 e. The van der Waals surface area contributed by atoms with Crippen molar-refractivity contribution in [2.24, 2.45) is 5.92 Å². The zero-order valence-electron chi connectivity index (χ0n) is 10.5. The van der Waals surface area contributed by atoms with E-state index in [4.69, 9.17) is 4.42 Å². The molecule has 0 radical (unpaired) electrons. The molecule has 0 N–H and O–H groups in total. The van der Waals surface area contributed by atoms with Gasteiger partial charge in [0, 0.05) is 4.92 Å². The van der Waals surface area contributed by atoms with Gasteiger partial charge in [0.15, 0.2) is 0 Å². The van der Waals surface area contributed by atoms with Crippen molar-refractivity contribution in [3.05, 3.63) is 33.8 Å². The van der Waals surface area contributed by atoms with Crippen LogP contribution in [-0.4, -0.2) is 23.0 Å². The molecule has 0 fully saturated rings. The zero-order valence-corrected chi connectivity index (χ0v) is 10.5. The fourth-order valence-corrected chi connectivity index (χ4v) is 2.03. The van der Waals surface area contributed by atoms with Crippen LogP contribution in [0, 0.1) is 23.0 Å². The predicted octanol–water partition coefficient (Wildman–Crippen LogP) is 1.74. The van der Waals surface area contributed by atoms with Crippen molar-refractivity contribution >= 4 is 11.6 Å². The van der Waals surface area contributed by atoms with Crippen molar-refractivity contribution in [3.63, 3.8) is 0 Å². The maximum Gasteiger partial charge on any atom is 0.214 e. The second-order valence-electron chi connectivity index (χ2n) is 4.27. The van der Waals surface area contributed by atoms with Crippen LogP contribution in [0.1, 0.15) is 31.3 Å². The van der Waals surface area contributed by atoms with Crippen molar-refractivity contribution in [1.82, 2.24) is 0 Å². The molecule has 0 aliphatic carbocycles. The van der Waals surface area contributed by atoms with Gasteiger partial charge in [-0.1, -0.05) is 0 Å². The first-order chi connectivity index (χ1) is 8.32. The number of carbonyl (C=O) groups is 2. The molecule has 1 atom stereocenters. The minimum Gasteiger partial charge on any atom is -0.466 e. The van der Waals surface area contributed by atoms with Gasteiger partial charge in [-0.2, -0.15) is 0 Å². The van der Waals surface area contributed by atoms with Gasteiger partial charge in [-0.25, -0.2) is 0 Å². The summed E-state index contributed by atoms with van der Waals surface area (Å²) in [5.74, 6) is -1.75. The summed E-state index contributed by atoms with van der Waals surface area (Å²) in [5, 5.41) is 10.7. The number of aryl methyl sites for hydroxylation is 1. The highest BCUT2D eigenvalue weighted by Crippen LogP contribution is 2.28. The first kappa shape index (κ1) is 14.1. The lowest BCUT2D eigenvalue weighted by Gasteiger charge is -2.17. The van der Waals surface area contributed by atoms with Gasteiger partial charge in [0.05, 0.1) is 11.8 Å². The fourth-order valence-electron chi connectivity index (χ4n) is 2.03. The number of carbonyl (C=O) groups excluding carboxylic acids is 2. The molecule has 18 heavy (non-hydrogen) atoms. The van der Waals surface area contributed by atoms with Crippen LogP contribution in [0.3, 0.4) is 0 Å². The molecule has 1 aromatic rings. The van der Waals surface area contributed by atoms with E-state index in [0.717, 1.165) is 0 Å². The number of hydrogen-bond donors (Lipinski definition) is 0. The van der Waals surface area contributed by atoms with Crippen LogP contribution in [-0.2, 0) is 9.59 Å². The van der Waals surface area contributed by atoms with Gasteiger partial charge in [-0.05, 0) is 32.9 Å². The molecule has 0 amide bonds.